The van der Waals surface area contributed by atoms with E-state index in [4.69, 9.17) is 4.74 Å². The maximum atomic E-state index is 12.8. The number of likely N-dealkylation sites (tertiary alicyclic amines) is 1. The van der Waals surface area contributed by atoms with Crippen LogP contribution in [0.5, 0.6) is 0 Å². The van der Waals surface area contributed by atoms with E-state index in [2.05, 4.69) is 10.2 Å². The highest BCUT2D eigenvalue weighted by Gasteiger charge is 2.39. The van der Waals surface area contributed by atoms with Crippen LogP contribution in [0, 0.1) is 0 Å². The van der Waals surface area contributed by atoms with E-state index in [1.165, 1.54) is 0 Å². The zero-order valence-electron chi connectivity index (χ0n) is 16.0. The summed E-state index contributed by atoms with van der Waals surface area (Å²) < 4.78 is 5.41. The predicted molar refractivity (Wildman–Crippen MR) is 94.7 cm³/mol. The number of aliphatic hydroxyl groups is 1. The number of amides is 2. The Balaban J connectivity index is 1.70. The monoisotopic (exact) mass is 364 g/mol. The smallest absolute Gasteiger partial charge is 0.410 e. The Morgan fingerprint density at radius 3 is 2.65 bits per heavy atom. The van der Waals surface area contributed by atoms with Crippen molar-refractivity contribution in [1.29, 1.82) is 0 Å². The molecule has 1 atom stereocenters. The van der Waals surface area contributed by atoms with Gasteiger partial charge in [0.1, 0.15) is 5.60 Å². The number of nitrogens with zero attached hydrogens (tertiary/aromatic N) is 3. The van der Waals surface area contributed by atoms with Crippen molar-refractivity contribution in [3.8, 4) is 0 Å². The van der Waals surface area contributed by atoms with Gasteiger partial charge in [0, 0.05) is 25.2 Å². The van der Waals surface area contributed by atoms with Crippen LogP contribution in [0.3, 0.4) is 0 Å². The highest BCUT2D eigenvalue weighted by molar-refractivity contribution is 5.94. The number of H-pyrrole nitrogens is 1. The molecule has 0 spiro atoms. The van der Waals surface area contributed by atoms with E-state index in [0.29, 0.717) is 51.1 Å². The van der Waals surface area contributed by atoms with Crippen LogP contribution in [0.4, 0.5) is 4.79 Å². The lowest BCUT2D eigenvalue weighted by Gasteiger charge is -2.30. The van der Waals surface area contributed by atoms with Gasteiger partial charge < -0.3 is 19.6 Å². The lowest BCUT2D eigenvalue weighted by Crippen LogP contribution is -2.40. The summed E-state index contributed by atoms with van der Waals surface area (Å²) in [5, 5.41) is 17.5. The number of nitrogens with one attached hydrogen (secondary N) is 1. The summed E-state index contributed by atoms with van der Waals surface area (Å²) in [6.07, 6.45) is 1.41. The molecule has 8 heteroatoms. The van der Waals surface area contributed by atoms with Crippen LogP contribution >= 0.6 is 0 Å². The minimum atomic E-state index is -0.792. The number of carbonyl (C=O) groups excluding carboxylic acids is 2. The van der Waals surface area contributed by atoms with Crippen LogP contribution < -0.4 is 0 Å². The van der Waals surface area contributed by atoms with E-state index >= 15 is 0 Å². The average Bonchev–Trinajstić information content (AvgIpc) is 3.16. The minimum absolute atomic E-state index is 0.155. The fourth-order valence-corrected chi connectivity index (χ4v) is 3.45. The number of aromatic amines is 1. The summed E-state index contributed by atoms with van der Waals surface area (Å²) in [7, 11) is 0. The van der Waals surface area contributed by atoms with Gasteiger partial charge >= 0.3 is 6.09 Å². The molecule has 2 N–H and O–H groups in total. The lowest BCUT2D eigenvalue weighted by atomic mass is 10.0. The highest BCUT2D eigenvalue weighted by atomic mass is 16.6. The first-order valence-corrected chi connectivity index (χ1v) is 9.17. The van der Waals surface area contributed by atoms with E-state index < -0.39 is 11.2 Å². The van der Waals surface area contributed by atoms with Crippen molar-refractivity contribution in [2.75, 3.05) is 19.6 Å². The summed E-state index contributed by atoms with van der Waals surface area (Å²) in [5.74, 6) is -0.155. The lowest BCUT2D eigenvalue weighted by molar-refractivity contribution is 0.0221. The van der Waals surface area contributed by atoms with Crippen LogP contribution in [0.2, 0.25) is 0 Å². The van der Waals surface area contributed by atoms with Crippen LogP contribution in [-0.2, 0) is 17.7 Å². The number of β-amino-alcohol motifs (C(OH)–C–C–N with tert-alkyl or cyclic N) is 1. The second-order valence-corrected chi connectivity index (χ2v) is 8.24. The third kappa shape index (κ3) is 3.70. The van der Waals surface area contributed by atoms with Crippen LogP contribution in [0.1, 0.15) is 62.3 Å². The largest absolute Gasteiger partial charge is 0.444 e. The molecule has 2 amide bonds. The Labute approximate surface area is 153 Å². The van der Waals surface area contributed by atoms with Gasteiger partial charge in [0.25, 0.3) is 5.91 Å². The first kappa shape index (κ1) is 18.7. The van der Waals surface area contributed by atoms with E-state index in [9.17, 15) is 14.7 Å². The molecule has 0 saturated carbocycles. The number of fused-ring (bicyclic) bond motifs is 1. The molecule has 0 bridgehead atoms. The summed E-state index contributed by atoms with van der Waals surface area (Å²) in [4.78, 5) is 28.3. The maximum Gasteiger partial charge on any atom is 0.410 e. The quantitative estimate of drug-likeness (QED) is 0.832. The third-order valence-corrected chi connectivity index (χ3v) is 5.07. The molecule has 1 aromatic rings. The van der Waals surface area contributed by atoms with Gasteiger partial charge in [-0.2, -0.15) is 5.10 Å². The molecule has 26 heavy (non-hydrogen) atoms. The number of ether oxygens (including phenoxy) is 1. The van der Waals surface area contributed by atoms with Crippen molar-refractivity contribution < 1.29 is 19.4 Å². The Morgan fingerprint density at radius 1 is 1.31 bits per heavy atom. The van der Waals surface area contributed by atoms with Crippen molar-refractivity contribution in [1.82, 2.24) is 20.0 Å². The molecule has 2 aliphatic heterocycles. The molecular weight excluding hydrogens is 336 g/mol. The molecule has 2 aliphatic rings. The Hall–Kier alpha value is -2.09. The zero-order chi connectivity index (χ0) is 19.1. The molecule has 3 heterocycles. The van der Waals surface area contributed by atoms with E-state index in [1.54, 1.807) is 9.80 Å². The van der Waals surface area contributed by atoms with Gasteiger partial charge in [-0.3, -0.25) is 9.89 Å². The Morgan fingerprint density at radius 2 is 2.04 bits per heavy atom. The zero-order valence-corrected chi connectivity index (χ0v) is 16.0. The molecule has 1 saturated heterocycles. The summed E-state index contributed by atoms with van der Waals surface area (Å²) in [6, 6.07) is 0. The van der Waals surface area contributed by atoms with Crippen molar-refractivity contribution in [3.05, 3.63) is 17.0 Å². The fourth-order valence-electron chi connectivity index (χ4n) is 3.45. The summed E-state index contributed by atoms with van der Waals surface area (Å²) in [5.41, 5.74) is 0.707. The van der Waals surface area contributed by atoms with Gasteiger partial charge in [-0.25, -0.2) is 4.79 Å². The number of aromatic nitrogens is 2. The van der Waals surface area contributed by atoms with Crippen molar-refractivity contribution >= 4 is 12.0 Å². The van der Waals surface area contributed by atoms with Gasteiger partial charge in [0.05, 0.1) is 17.8 Å². The van der Waals surface area contributed by atoms with Crippen molar-refractivity contribution in [3.63, 3.8) is 0 Å². The highest BCUT2D eigenvalue weighted by Crippen LogP contribution is 2.28. The molecule has 1 unspecified atom stereocenters. The summed E-state index contributed by atoms with van der Waals surface area (Å²) in [6.45, 7) is 9.14. The molecule has 1 aromatic heterocycles. The van der Waals surface area contributed by atoms with E-state index in [1.807, 2.05) is 27.7 Å². The molecule has 3 rings (SSSR count). The van der Waals surface area contributed by atoms with Gasteiger partial charge in [-0.1, -0.05) is 6.92 Å². The van der Waals surface area contributed by atoms with Crippen LogP contribution in [-0.4, -0.2) is 67.9 Å². The number of hydrogen-bond acceptors (Lipinski definition) is 5. The molecule has 0 aliphatic carbocycles. The second kappa shape index (κ2) is 6.57. The number of rotatable bonds is 2. The standard InChI is InChI=1S/C18H28N4O4/c1-5-18(25)7-9-22(11-18)15(23)14-12-6-8-21(10-13(12)19-20-14)16(24)26-17(2,3)4/h25H,5-11H2,1-4H3,(H,19,20). The topological polar surface area (TPSA) is 98.8 Å². The first-order valence-electron chi connectivity index (χ1n) is 9.17. The van der Waals surface area contributed by atoms with Crippen LogP contribution in [0.15, 0.2) is 0 Å². The fraction of sp³-hybridized carbons (Fsp3) is 0.722. The van der Waals surface area contributed by atoms with Gasteiger partial charge in [-0.05, 0) is 40.0 Å². The number of carbonyl (C=O) groups is 2. The number of hydrogen-bond donors (Lipinski definition) is 2. The molecule has 8 nitrogen and oxygen atoms in total. The van der Waals surface area contributed by atoms with Crippen molar-refractivity contribution in [2.24, 2.45) is 0 Å². The molecule has 0 aromatic carbocycles. The molecule has 0 radical (unpaired) electrons. The summed E-state index contributed by atoms with van der Waals surface area (Å²) >= 11 is 0. The van der Waals surface area contributed by atoms with E-state index in [-0.39, 0.29) is 12.0 Å². The van der Waals surface area contributed by atoms with Crippen molar-refractivity contribution in [2.45, 2.75) is 64.7 Å². The first-order chi connectivity index (χ1) is 12.1. The molecule has 144 valence electrons. The predicted octanol–water partition coefficient (Wildman–Crippen LogP) is 1.69. The van der Waals surface area contributed by atoms with Gasteiger partial charge in [-0.15, -0.1) is 0 Å². The SMILES string of the molecule is CCC1(O)CCN(C(=O)c2n[nH]c3c2CCN(C(=O)OC(C)(C)C)C3)C1. The van der Waals surface area contributed by atoms with Crippen LogP contribution in [0.25, 0.3) is 0 Å². The maximum absolute atomic E-state index is 12.8. The average molecular weight is 364 g/mol. The Kier molecular flexibility index (Phi) is 4.72. The normalized spacial score (nSPS) is 23.1. The Bertz CT molecular complexity index is 709. The van der Waals surface area contributed by atoms with E-state index in [0.717, 1.165) is 11.3 Å². The third-order valence-electron chi connectivity index (χ3n) is 5.07. The minimum Gasteiger partial charge on any atom is -0.444 e. The van der Waals surface area contributed by atoms with Gasteiger partial charge in [0.15, 0.2) is 5.69 Å². The molecular formula is C18H28N4O4. The second-order valence-electron chi connectivity index (χ2n) is 8.24. The van der Waals surface area contributed by atoms with Gasteiger partial charge in [0.2, 0.25) is 0 Å². The molecule has 1 fully saturated rings.